The Hall–Kier alpha value is -3.33. The van der Waals surface area contributed by atoms with Crippen molar-refractivity contribution in [1.82, 2.24) is 15.5 Å². The highest BCUT2D eigenvalue weighted by atomic mass is 19.1. The lowest BCUT2D eigenvalue weighted by Crippen LogP contribution is -2.51. The fraction of sp³-hybridized carbons (Fsp3) is 0.440. The maximum atomic E-state index is 14.3. The van der Waals surface area contributed by atoms with E-state index >= 15 is 0 Å². The number of carbonyl (C=O) groups is 2. The third kappa shape index (κ3) is 5.59. The topological polar surface area (TPSA) is 83.1 Å². The molecule has 0 aliphatic carbocycles. The standard InChI is InChI=1S/C25H31FN4O4/c1-17(2)14-27-24(31)25(32)28-15-21(18-7-8-22-23(13-18)34-16-33-22)30-11-9-29(10-12-30)20-6-4-3-5-19(20)26/h3-8,13,17,21H,9-12,14-16H2,1-2H3,(H,27,31)(H,28,32)/t21-/m0/s1. The summed E-state index contributed by atoms with van der Waals surface area (Å²) in [5.41, 5.74) is 1.54. The molecule has 2 N–H and O–H groups in total. The number of benzene rings is 2. The maximum absolute atomic E-state index is 14.3. The van der Waals surface area contributed by atoms with E-state index < -0.39 is 11.8 Å². The number of piperazine rings is 1. The Bertz CT molecular complexity index is 1020. The van der Waals surface area contributed by atoms with Crippen LogP contribution >= 0.6 is 0 Å². The smallest absolute Gasteiger partial charge is 0.309 e. The summed E-state index contributed by atoms with van der Waals surface area (Å²) in [6.07, 6.45) is 0. The van der Waals surface area contributed by atoms with Gasteiger partial charge in [-0.05, 0) is 35.7 Å². The van der Waals surface area contributed by atoms with Crippen LogP contribution in [0.2, 0.25) is 0 Å². The zero-order valence-electron chi connectivity index (χ0n) is 19.6. The SMILES string of the molecule is CC(C)CNC(=O)C(=O)NC[C@@H](c1ccc2c(c1)OCO2)N1CCN(c2ccccc2F)CC1. The van der Waals surface area contributed by atoms with Crippen molar-refractivity contribution in [2.24, 2.45) is 5.92 Å². The van der Waals surface area contributed by atoms with Gasteiger partial charge in [-0.1, -0.05) is 32.0 Å². The summed E-state index contributed by atoms with van der Waals surface area (Å²) >= 11 is 0. The summed E-state index contributed by atoms with van der Waals surface area (Å²) in [5.74, 6) is 0.0724. The van der Waals surface area contributed by atoms with E-state index in [1.54, 1.807) is 12.1 Å². The van der Waals surface area contributed by atoms with Crippen LogP contribution in [0.25, 0.3) is 0 Å². The molecule has 1 fully saturated rings. The molecule has 0 aromatic heterocycles. The molecular weight excluding hydrogens is 439 g/mol. The number of para-hydroxylation sites is 1. The summed E-state index contributed by atoms with van der Waals surface area (Å²) in [7, 11) is 0. The van der Waals surface area contributed by atoms with Crippen LogP contribution in [0.1, 0.15) is 25.5 Å². The lowest BCUT2D eigenvalue weighted by Gasteiger charge is -2.40. The number of hydrogen-bond donors (Lipinski definition) is 2. The maximum Gasteiger partial charge on any atom is 0.309 e. The number of nitrogens with zero attached hydrogens (tertiary/aromatic N) is 2. The summed E-state index contributed by atoms with van der Waals surface area (Å²) in [4.78, 5) is 28.8. The van der Waals surface area contributed by atoms with Crippen LogP contribution in [0.3, 0.4) is 0 Å². The van der Waals surface area contributed by atoms with Gasteiger partial charge < -0.3 is 25.0 Å². The highest BCUT2D eigenvalue weighted by Gasteiger charge is 2.28. The Morgan fingerprint density at radius 1 is 0.941 bits per heavy atom. The van der Waals surface area contributed by atoms with Gasteiger partial charge in [0.25, 0.3) is 0 Å². The predicted octanol–water partition coefficient (Wildman–Crippen LogP) is 2.31. The van der Waals surface area contributed by atoms with Crippen LogP contribution in [-0.2, 0) is 9.59 Å². The molecule has 2 aromatic rings. The van der Waals surface area contributed by atoms with Crippen LogP contribution in [0.5, 0.6) is 11.5 Å². The molecule has 2 amide bonds. The van der Waals surface area contributed by atoms with Gasteiger partial charge in [-0.15, -0.1) is 0 Å². The van der Waals surface area contributed by atoms with Crippen LogP contribution in [0, 0.1) is 11.7 Å². The van der Waals surface area contributed by atoms with Crippen LogP contribution in [0.15, 0.2) is 42.5 Å². The Balaban J connectivity index is 1.45. The lowest BCUT2D eigenvalue weighted by molar-refractivity contribution is -0.139. The average molecular weight is 471 g/mol. The molecule has 9 heteroatoms. The third-order valence-electron chi connectivity index (χ3n) is 6.06. The van der Waals surface area contributed by atoms with Crippen molar-refractivity contribution in [3.05, 3.63) is 53.8 Å². The van der Waals surface area contributed by atoms with E-state index in [4.69, 9.17) is 9.47 Å². The number of rotatable bonds is 7. The monoisotopic (exact) mass is 470 g/mol. The van der Waals surface area contributed by atoms with Crippen molar-refractivity contribution in [2.45, 2.75) is 19.9 Å². The van der Waals surface area contributed by atoms with Crippen LogP contribution < -0.4 is 25.0 Å². The van der Waals surface area contributed by atoms with Gasteiger partial charge in [0.1, 0.15) is 5.82 Å². The fourth-order valence-electron chi connectivity index (χ4n) is 4.21. The number of carbonyl (C=O) groups excluding carboxylic acids is 2. The van der Waals surface area contributed by atoms with E-state index in [-0.39, 0.29) is 31.1 Å². The van der Waals surface area contributed by atoms with E-state index in [2.05, 4.69) is 15.5 Å². The second-order valence-electron chi connectivity index (χ2n) is 8.92. The molecule has 2 aromatic carbocycles. The zero-order valence-corrected chi connectivity index (χ0v) is 19.6. The number of anilines is 1. The summed E-state index contributed by atoms with van der Waals surface area (Å²) in [6, 6.07) is 12.3. The Morgan fingerprint density at radius 3 is 2.32 bits per heavy atom. The fourth-order valence-corrected chi connectivity index (χ4v) is 4.21. The van der Waals surface area contributed by atoms with Gasteiger partial charge in [0.2, 0.25) is 6.79 Å². The minimum Gasteiger partial charge on any atom is -0.454 e. The van der Waals surface area contributed by atoms with E-state index in [9.17, 15) is 14.0 Å². The first-order valence-corrected chi connectivity index (χ1v) is 11.6. The van der Waals surface area contributed by atoms with Gasteiger partial charge in [0.05, 0.1) is 11.7 Å². The van der Waals surface area contributed by atoms with Gasteiger partial charge in [-0.25, -0.2) is 4.39 Å². The average Bonchev–Trinajstić information content (AvgIpc) is 3.31. The molecule has 8 nitrogen and oxygen atoms in total. The molecule has 0 spiro atoms. The Kier molecular flexibility index (Phi) is 7.52. The summed E-state index contributed by atoms with van der Waals surface area (Å²) in [5, 5.41) is 5.43. The molecule has 34 heavy (non-hydrogen) atoms. The second-order valence-corrected chi connectivity index (χ2v) is 8.92. The molecule has 1 saturated heterocycles. The number of ether oxygens (including phenoxy) is 2. The van der Waals surface area contributed by atoms with Crippen molar-refractivity contribution < 1.29 is 23.5 Å². The molecule has 1 atom stereocenters. The molecule has 0 saturated carbocycles. The first kappa shape index (κ1) is 23.8. The van der Waals surface area contributed by atoms with Crippen molar-refractivity contribution in [3.63, 3.8) is 0 Å². The molecular formula is C25H31FN4O4. The lowest BCUT2D eigenvalue weighted by atomic mass is 10.0. The Morgan fingerprint density at radius 2 is 1.62 bits per heavy atom. The van der Waals surface area contributed by atoms with Crippen LogP contribution in [0.4, 0.5) is 10.1 Å². The first-order valence-electron chi connectivity index (χ1n) is 11.6. The summed E-state index contributed by atoms with van der Waals surface area (Å²) < 4.78 is 25.2. The highest BCUT2D eigenvalue weighted by molar-refractivity contribution is 6.35. The zero-order chi connectivity index (χ0) is 24.1. The quantitative estimate of drug-likeness (QED) is 0.605. The highest BCUT2D eigenvalue weighted by Crippen LogP contribution is 2.36. The Labute approximate surface area is 199 Å². The minimum atomic E-state index is -0.656. The van der Waals surface area contributed by atoms with E-state index in [1.165, 1.54) is 6.07 Å². The van der Waals surface area contributed by atoms with Gasteiger partial charge >= 0.3 is 11.8 Å². The molecule has 0 radical (unpaired) electrons. The normalized spacial score (nSPS) is 16.4. The van der Waals surface area contributed by atoms with E-state index in [0.29, 0.717) is 49.9 Å². The van der Waals surface area contributed by atoms with Crippen molar-refractivity contribution >= 4 is 17.5 Å². The number of amides is 2. The van der Waals surface area contributed by atoms with E-state index in [0.717, 1.165) is 5.56 Å². The van der Waals surface area contributed by atoms with Gasteiger partial charge in [-0.2, -0.15) is 0 Å². The predicted molar refractivity (Wildman–Crippen MR) is 126 cm³/mol. The molecule has 2 aliphatic heterocycles. The van der Waals surface area contributed by atoms with E-state index in [1.807, 2.05) is 43.0 Å². The molecule has 182 valence electrons. The molecule has 2 aliphatic rings. The third-order valence-corrected chi connectivity index (χ3v) is 6.06. The van der Waals surface area contributed by atoms with Crippen LogP contribution in [-0.4, -0.2) is 62.8 Å². The molecule has 2 heterocycles. The number of fused-ring (bicyclic) bond motifs is 1. The van der Waals surface area contributed by atoms with Gasteiger partial charge in [0, 0.05) is 39.3 Å². The molecule has 0 unspecified atom stereocenters. The molecule has 4 rings (SSSR count). The van der Waals surface area contributed by atoms with Crippen molar-refractivity contribution in [3.8, 4) is 11.5 Å². The summed E-state index contributed by atoms with van der Waals surface area (Å²) in [6.45, 7) is 7.44. The van der Waals surface area contributed by atoms with Gasteiger partial charge in [-0.3, -0.25) is 14.5 Å². The second kappa shape index (κ2) is 10.7. The largest absolute Gasteiger partial charge is 0.454 e. The molecule has 0 bridgehead atoms. The number of nitrogens with one attached hydrogen (secondary N) is 2. The number of halogens is 1. The first-order chi connectivity index (χ1) is 16.4. The minimum absolute atomic E-state index is 0.178. The van der Waals surface area contributed by atoms with Gasteiger partial charge in [0.15, 0.2) is 11.5 Å². The van der Waals surface area contributed by atoms with Crippen molar-refractivity contribution in [1.29, 1.82) is 0 Å². The van der Waals surface area contributed by atoms with Crippen molar-refractivity contribution in [2.75, 3.05) is 51.0 Å². The number of hydrogen-bond acceptors (Lipinski definition) is 6.